The molecule has 0 aromatic rings. The van der Waals surface area contributed by atoms with Crippen molar-refractivity contribution < 1.29 is 9.18 Å². The van der Waals surface area contributed by atoms with Crippen LogP contribution in [0.15, 0.2) is 0 Å². The van der Waals surface area contributed by atoms with Gasteiger partial charge in [-0.1, -0.05) is 12.8 Å². The summed E-state index contributed by atoms with van der Waals surface area (Å²) in [5.41, 5.74) is 5.13. The molecule has 3 nitrogen and oxygen atoms in total. The van der Waals surface area contributed by atoms with Gasteiger partial charge in [-0.3, -0.25) is 4.79 Å². The summed E-state index contributed by atoms with van der Waals surface area (Å²) in [6.07, 6.45) is 3.85. The fraction of sp³-hybridized carbons (Fsp3) is 0.900. The second-order valence-electron chi connectivity index (χ2n) is 3.90. The molecule has 1 fully saturated rings. The monoisotopic (exact) mass is 202 g/mol. The molecule has 1 saturated carbocycles. The second kappa shape index (κ2) is 5.96. The zero-order valence-corrected chi connectivity index (χ0v) is 8.47. The van der Waals surface area contributed by atoms with Crippen LogP contribution >= 0.6 is 0 Å². The summed E-state index contributed by atoms with van der Waals surface area (Å²) in [6, 6.07) is 0. The topological polar surface area (TPSA) is 55.1 Å². The van der Waals surface area contributed by atoms with Crippen molar-refractivity contribution in [2.75, 3.05) is 13.1 Å². The van der Waals surface area contributed by atoms with Gasteiger partial charge in [0, 0.05) is 6.54 Å². The molecule has 0 aliphatic heterocycles. The molecule has 0 saturated heterocycles. The highest BCUT2D eigenvalue weighted by atomic mass is 19.1. The third kappa shape index (κ3) is 3.62. The van der Waals surface area contributed by atoms with Crippen molar-refractivity contribution in [2.45, 2.75) is 38.3 Å². The number of nitrogens with one attached hydrogen (secondary N) is 1. The predicted molar refractivity (Wildman–Crippen MR) is 53.5 cm³/mol. The van der Waals surface area contributed by atoms with Crippen LogP contribution in [-0.4, -0.2) is 25.2 Å². The van der Waals surface area contributed by atoms with Crippen LogP contribution in [0, 0.1) is 5.92 Å². The maximum Gasteiger partial charge on any atom is 0.233 e. The van der Waals surface area contributed by atoms with E-state index in [1.165, 1.54) is 0 Å². The van der Waals surface area contributed by atoms with E-state index in [-0.39, 0.29) is 18.4 Å². The highest BCUT2D eigenvalue weighted by molar-refractivity contribution is 5.77. The van der Waals surface area contributed by atoms with Crippen molar-refractivity contribution in [3.05, 3.63) is 0 Å². The van der Waals surface area contributed by atoms with Crippen LogP contribution in [0.2, 0.25) is 0 Å². The number of halogens is 1. The Balaban J connectivity index is 2.13. The van der Waals surface area contributed by atoms with E-state index < -0.39 is 6.17 Å². The minimum atomic E-state index is -0.668. The molecule has 0 radical (unpaired) electrons. The van der Waals surface area contributed by atoms with Crippen molar-refractivity contribution in [3.63, 3.8) is 0 Å². The highest BCUT2D eigenvalue weighted by Crippen LogP contribution is 2.28. The number of hydrogen-bond acceptors (Lipinski definition) is 2. The summed E-state index contributed by atoms with van der Waals surface area (Å²) in [5, 5.41) is 2.67. The van der Waals surface area contributed by atoms with Gasteiger partial charge in [-0.05, 0) is 25.2 Å². The van der Waals surface area contributed by atoms with Gasteiger partial charge in [0.2, 0.25) is 5.91 Å². The Hall–Kier alpha value is -0.640. The van der Waals surface area contributed by atoms with Gasteiger partial charge in [0.1, 0.15) is 6.17 Å². The Labute approximate surface area is 84.2 Å². The first-order valence-electron chi connectivity index (χ1n) is 5.35. The fourth-order valence-electron chi connectivity index (χ4n) is 1.96. The summed E-state index contributed by atoms with van der Waals surface area (Å²) in [7, 11) is 0. The molecular weight excluding hydrogens is 183 g/mol. The molecule has 0 aromatic carbocycles. The summed E-state index contributed by atoms with van der Waals surface area (Å²) in [6.45, 7) is 0.574. The molecular formula is C10H19FN2O. The average Bonchev–Trinajstić information content (AvgIpc) is 2.20. The Morgan fingerprint density at radius 2 is 2.14 bits per heavy atom. The standard InChI is InChI=1S/C10H19FN2O/c11-9-4-2-1-3-8(9)5-6-13-10(14)7-12/h8-9H,1-7,12H2,(H,13,14). The number of carbonyl (C=O) groups is 1. The predicted octanol–water partition coefficient (Wildman–Crippen LogP) is 0.980. The van der Waals surface area contributed by atoms with E-state index in [2.05, 4.69) is 5.32 Å². The van der Waals surface area contributed by atoms with Crippen molar-refractivity contribution >= 4 is 5.91 Å². The molecule has 0 bridgehead atoms. The van der Waals surface area contributed by atoms with E-state index >= 15 is 0 Å². The second-order valence-corrected chi connectivity index (χ2v) is 3.90. The lowest BCUT2D eigenvalue weighted by Crippen LogP contribution is -2.33. The van der Waals surface area contributed by atoms with Crippen LogP contribution < -0.4 is 11.1 Å². The molecule has 2 unspecified atom stereocenters. The van der Waals surface area contributed by atoms with Gasteiger partial charge in [0.15, 0.2) is 0 Å². The molecule has 1 aliphatic carbocycles. The van der Waals surface area contributed by atoms with Crippen molar-refractivity contribution in [2.24, 2.45) is 11.7 Å². The Kier molecular flexibility index (Phi) is 4.87. The lowest BCUT2D eigenvalue weighted by atomic mass is 9.85. The lowest BCUT2D eigenvalue weighted by Gasteiger charge is -2.25. The lowest BCUT2D eigenvalue weighted by molar-refractivity contribution is -0.119. The Morgan fingerprint density at radius 3 is 2.79 bits per heavy atom. The van der Waals surface area contributed by atoms with E-state index in [4.69, 9.17) is 5.73 Å². The van der Waals surface area contributed by atoms with Crippen LogP contribution in [0.1, 0.15) is 32.1 Å². The highest BCUT2D eigenvalue weighted by Gasteiger charge is 2.23. The van der Waals surface area contributed by atoms with Crippen LogP contribution in [-0.2, 0) is 4.79 Å². The van der Waals surface area contributed by atoms with Crippen LogP contribution in [0.4, 0.5) is 4.39 Å². The number of rotatable bonds is 4. The van der Waals surface area contributed by atoms with Crippen molar-refractivity contribution in [1.29, 1.82) is 0 Å². The average molecular weight is 202 g/mol. The summed E-state index contributed by atoms with van der Waals surface area (Å²) in [4.78, 5) is 10.8. The molecule has 1 rings (SSSR count). The third-order valence-electron chi connectivity index (χ3n) is 2.84. The zero-order chi connectivity index (χ0) is 10.4. The molecule has 0 aromatic heterocycles. The number of hydrogen-bond donors (Lipinski definition) is 2. The Bertz CT molecular complexity index is 187. The van der Waals surface area contributed by atoms with Gasteiger partial charge in [-0.2, -0.15) is 0 Å². The summed E-state index contributed by atoms with van der Waals surface area (Å²) >= 11 is 0. The Morgan fingerprint density at radius 1 is 1.43 bits per heavy atom. The molecule has 82 valence electrons. The van der Waals surface area contributed by atoms with Crippen molar-refractivity contribution in [3.8, 4) is 0 Å². The molecule has 4 heteroatoms. The molecule has 0 spiro atoms. The van der Waals surface area contributed by atoms with E-state index in [0.29, 0.717) is 13.0 Å². The van der Waals surface area contributed by atoms with E-state index in [1.807, 2.05) is 0 Å². The molecule has 3 N–H and O–H groups in total. The fourth-order valence-corrected chi connectivity index (χ4v) is 1.96. The van der Waals surface area contributed by atoms with Gasteiger partial charge in [-0.25, -0.2) is 4.39 Å². The summed E-state index contributed by atoms with van der Waals surface area (Å²) < 4.78 is 13.3. The first-order valence-corrected chi connectivity index (χ1v) is 5.35. The maximum atomic E-state index is 13.3. The van der Waals surface area contributed by atoms with Crippen LogP contribution in [0.25, 0.3) is 0 Å². The van der Waals surface area contributed by atoms with Crippen LogP contribution in [0.5, 0.6) is 0 Å². The number of nitrogens with two attached hydrogens (primary N) is 1. The SMILES string of the molecule is NCC(=O)NCCC1CCCCC1F. The van der Waals surface area contributed by atoms with Gasteiger partial charge < -0.3 is 11.1 Å². The first-order chi connectivity index (χ1) is 6.74. The van der Waals surface area contributed by atoms with Gasteiger partial charge in [0.05, 0.1) is 6.54 Å². The largest absolute Gasteiger partial charge is 0.355 e. The van der Waals surface area contributed by atoms with Gasteiger partial charge >= 0.3 is 0 Å². The minimum absolute atomic E-state index is 0.0176. The quantitative estimate of drug-likeness (QED) is 0.714. The molecule has 1 amide bonds. The first kappa shape index (κ1) is 11.4. The molecule has 1 aliphatic rings. The van der Waals surface area contributed by atoms with Crippen molar-refractivity contribution in [1.82, 2.24) is 5.32 Å². The van der Waals surface area contributed by atoms with E-state index in [1.54, 1.807) is 0 Å². The third-order valence-corrected chi connectivity index (χ3v) is 2.84. The van der Waals surface area contributed by atoms with E-state index in [0.717, 1.165) is 25.7 Å². The molecule has 14 heavy (non-hydrogen) atoms. The number of amides is 1. The number of alkyl halides is 1. The van der Waals surface area contributed by atoms with Crippen LogP contribution in [0.3, 0.4) is 0 Å². The number of carbonyl (C=O) groups excluding carboxylic acids is 1. The minimum Gasteiger partial charge on any atom is -0.355 e. The van der Waals surface area contributed by atoms with Gasteiger partial charge in [0.25, 0.3) is 0 Å². The molecule has 2 atom stereocenters. The maximum absolute atomic E-state index is 13.3. The summed E-state index contributed by atoms with van der Waals surface area (Å²) in [5.74, 6) is -0.0157. The normalized spacial score (nSPS) is 27.3. The van der Waals surface area contributed by atoms with Gasteiger partial charge in [-0.15, -0.1) is 0 Å². The van der Waals surface area contributed by atoms with E-state index in [9.17, 15) is 9.18 Å². The zero-order valence-electron chi connectivity index (χ0n) is 8.47. The molecule has 0 heterocycles. The smallest absolute Gasteiger partial charge is 0.233 e.